The molecule has 2 rings (SSSR count). The topological polar surface area (TPSA) is 26.0 Å². The van der Waals surface area contributed by atoms with Gasteiger partial charge >= 0.3 is 0 Å². The predicted octanol–water partition coefficient (Wildman–Crippen LogP) is 2.70. The minimum atomic E-state index is 0.450. The van der Waals surface area contributed by atoms with Crippen LogP contribution in [0.3, 0.4) is 0 Å². The molecular weight excluding hydrogens is 170 g/mol. The quantitative estimate of drug-likeness (QED) is 0.777. The van der Waals surface area contributed by atoms with Crippen molar-refractivity contribution in [3.05, 3.63) is 35.9 Å². The first-order chi connectivity index (χ1) is 6.80. The number of hydrogen-bond donors (Lipinski definition) is 1. The molecule has 0 amide bonds. The Labute approximate surface area is 86.3 Å². The predicted molar refractivity (Wildman–Crippen MR) is 60.2 cm³/mol. The minimum absolute atomic E-state index is 0.450. The van der Waals surface area contributed by atoms with E-state index in [2.05, 4.69) is 37.3 Å². The lowest BCUT2D eigenvalue weighted by molar-refractivity contribution is 0.142. The molecule has 76 valence electrons. The molecule has 0 radical (unpaired) electrons. The van der Waals surface area contributed by atoms with Gasteiger partial charge in [0.1, 0.15) is 0 Å². The van der Waals surface area contributed by atoms with Gasteiger partial charge in [0.2, 0.25) is 0 Å². The molecule has 0 saturated heterocycles. The highest BCUT2D eigenvalue weighted by atomic mass is 14.6. The Morgan fingerprint density at radius 1 is 1.29 bits per heavy atom. The fourth-order valence-corrected chi connectivity index (χ4v) is 2.73. The fourth-order valence-electron chi connectivity index (χ4n) is 2.73. The third-order valence-corrected chi connectivity index (χ3v) is 3.76. The molecule has 2 N–H and O–H groups in total. The Balaban J connectivity index is 2.16. The molecule has 0 atom stereocenters. The molecule has 1 saturated carbocycles. The van der Waals surface area contributed by atoms with E-state index in [1.807, 2.05) is 0 Å². The van der Waals surface area contributed by atoms with Crippen LogP contribution >= 0.6 is 0 Å². The molecule has 0 unspecified atom stereocenters. The highest BCUT2D eigenvalue weighted by Gasteiger charge is 2.42. The lowest BCUT2D eigenvalue weighted by atomic mass is 9.57. The molecule has 1 aromatic rings. The van der Waals surface area contributed by atoms with Crippen LogP contribution < -0.4 is 5.73 Å². The van der Waals surface area contributed by atoms with Gasteiger partial charge in [0.15, 0.2) is 0 Å². The first kappa shape index (κ1) is 9.72. The van der Waals surface area contributed by atoms with Crippen LogP contribution in [-0.4, -0.2) is 6.54 Å². The lowest BCUT2D eigenvalue weighted by Gasteiger charge is -2.48. The summed E-state index contributed by atoms with van der Waals surface area (Å²) in [6.45, 7) is 3.15. The molecule has 0 spiro atoms. The van der Waals surface area contributed by atoms with Crippen molar-refractivity contribution in [2.45, 2.75) is 31.6 Å². The summed E-state index contributed by atoms with van der Waals surface area (Å²) in [7, 11) is 0. The standard InChI is InChI=1S/C13H19N/c1-2-13(8-11(9-13)10-14)12-6-4-3-5-7-12/h3-7,11H,2,8-10,14H2,1H3. The van der Waals surface area contributed by atoms with E-state index in [9.17, 15) is 0 Å². The molecule has 14 heavy (non-hydrogen) atoms. The summed E-state index contributed by atoms with van der Waals surface area (Å²) in [5, 5.41) is 0. The Morgan fingerprint density at radius 2 is 1.93 bits per heavy atom. The zero-order valence-electron chi connectivity index (χ0n) is 8.87. The summed E-state index contributed by atoms with van der Waals surface area (Å²) in [5.41, 5.74) is 7.64. The van der Waals surface area contributed by atoms with E-state index in [0.717, 1.165) is 12.5 Å². The SMILES string of the molecule is CCC1(c2ccccc2)CC(CN)C1. The summed E-state index contributed by atoms with van der Waals surface area (Å²) in [4.78, 5) is 0. The van der Waals surface area contributed by atoms with E-state index in [1.165, 1.54) is 24.8 Å². The average Bonchev–Trinajstić information content (AvgIpc) is 2.19. The summed E-state index contributed by atoms with van der Waals surface area (Å²) < 4.78 is 0. The molecule has 1 fully saturated rings. The Morgan fingerprint density at radius 3 is 2.43 bits per heavy atom. The average molecular weight is 189 g/mol. The van der Waals surface area contributed by atoms with Crippen LogP contribution in [0, 0.1) is 5.92 Å². The molecule has 1 heteroatoms. The van der Waals surface area contributed by atoms with Crippen molar-refractivity contribution >= 4 is 0 Å². The van der Waals surface area contributed by atoms with Crippen molar-refractivity contribution in [1.82, 2.24) is 0 Å². The van der Waals surface area contributed by atoms with E-state index in [1.54, 1.807) is 0 Å². The molecule has 0 aromatic heterocycles. The second-order valence-electron chi connectivity index (χ2n) is 4.51. The van der Waals surface area contributed by atoms with Crippen molar-refractivity contribution < 1.29 is 0 Å². The second kappa shape index (κ2) is 3.74. The van der Waals surface area contributed by atoms with Gasteiger partial charge < -0.3 is 5.73 Å². The maximum atomic E-state index is 5.69. The van der Waals surface area contributed by atoms with Crippen LogP contribution in [0.4, 0.5) is 0 Å². The molecule has 1 aliphatic rings. The van der Waals surface area contributed by atoms with Gasteiger partial charge in [-0.2, -0.15) is 0 Å². The number of hydrogen-bond acceptors (Lipinski definition) is 1. The zero-order valence-corrected chi connectivity index (χ0v) is 8.87. The molecule has 1 aromatic carbocycles. The van der Waals surface area contributed by atoms with Crippen LogP contribution in [0.15, 0.2) is 30.3 Å². The lowest BCUT2D eigenvalue weighted by Crippen LogP contribution is -2.43. The van der Waals surface area contributed by atoms with E-state index in [4.69, 9.17) is 5.73 Å². The van der Waals surface area contributed by atoms with E-state index in [0.29, 0.717) is 5.41 Å². The Bertz CT molecular complexity index is 285. The molecule has 0 bridgehead atoms. The van der Waals surface area contributed by atoms with Crippen LogP contribution in [0.25, 0.3) is 0 Å². The fraction of sp³-hybridized carbons (Fsp3) is 0.538. The van der Waals surface area contributed by atoms with Crippen molar-refractivity contribution in [3.63, 3.8) is 0 Å². The summed E-state index contributed by atoms with van der Waals surface area (Å²) in [5.74, 6) is 0.759. The third-order valence-electron chi connectivity index (χ3n) is 3.76. The monoisotopic (exact) mass is 189 g/mol. The number of rotatable bonds is 3. The van der Waals surface area contributed by atoms with Gasteiger partial charge in [-0.25, -0.2) is 0 Å². The van der Waals surface area contributed by atoms with Crippen molar-refractivity contribution in [2.75, 3.05) is 6.54 Å². The summed E-state index contributed by atoms with van der Waals surface area (Å²) in [6, 6.07) is 10.9. The molecule has 0 heterocycles. The first-order valence-corrected chi connectivity index (χ1v) is 5.56. The first-order valence-electron chi connectivity index (χ1n) is 5.56. The third kappa shape index (κ3) is 1.46. The molecule has 1 nitrogen and oxygen atoms in total. The zero-order chi connectivity index (χ0) is 10.0. The molecule has 0 aliphatic heterocycles. The van der Waals surface area contributed by atoms with Gasteiger partial charge in [0.05, 0.1) is 0 Å². The van der Waals surface area contributed by atoms with Crippen LogP contribution in [0.5, 0.6) is 0 Å². The highest BCUT2D eigenvalue weighted by molar-refractivity contribution is 5.28. The second-order valence-corrected chi connectivity index (χ2v) is 4.51. The van der Waals surface area contributed by atoms with Gasteiger partial charge in [-0.15, -0.1) is 0 Å². The van der Waals surface area contributed by atoms with Crippen LogP contribution in [-0.2, 0) is 5.41 Å². The van der Waals surface area contributed by atoms with E-state index < -0.39 is 0 Å². The minimum Gasteiger partial charge on any atom is -0.330 e. The van der Waals surface area contributed by atoms with E-state index in [-0.39, 0.29) is 0 Å². The van der Waals surface area contributed by atoms with Crippen molar-refractivity contribution in [2.24, 2.45) is 11.7 Å². The maximum Gasteiger partial charge on any atom is -0.00434 e. The van der Waals surface area contributed by atoms with Crippen molar-refractivity contribution in [3.8, 4) is 0 Å². The highest BCUT2D eigenvalue weighted by Crippen LogP contribution is 2.49. The van der Waals surface area contributed by atoms with Crippen LogP contribution in [0.2, 0.25) is 0 Å². The normalized spacial score (nSPS) is 31.1. The van der Waals surface area contributed by atoms with Gasteiger partial charge in [-0.05, 0) is 42.7 Å². The number of nitrogens with two attached hydrogens (primary N) is 1. The summed E-state index contributed by atoms with van der Waals surface area (Å²) in [6.07, 6.45) is 3.81. The maximum absolute atomic E-state index is 5.69. The van der Waals surface area contributed by atoms with Gasteiger partial charge in [-0.3, -0.25) is 0 Å². The van der Waals surface area contributed by atoms with Gasteiger partial charge in [0, 0.05) is 0 Å². The smallest absolute Gasteiger partial charge is 0.00434 e. The molecule has 1 aliphatic carbocycles. The summed E-state index contributed by atoms with van der Waals surface area (Å²) >= 11 is 0. The van der Waals surface area contributed by atoms with E-state index >= 15 is 0 Å². The van der Waals surface area contributed by atoms with Crippen molar-refractivity contribution in [1.29, 1.82) is 0 Å². The van der Waals surface area contributed by atoms with Gasteiger partial charge in [-0.1, -0.05) is 37.3 Å². The van der Waals surface area contributed by atoms with Gasteiger partial charge in [0.25, 0.3) is 0 Å². The van der Waals surface area contributed by atoms with Crippen LogP contribution in [0.1, 0.15) is 31.7 Å². The molecular formula is C13H19N. The Kier molecular flexibility index (Phi) is 2.60. The number of benzene rings is 1. The Hall–Kier alpha value is -0.820. The largest absolute Gasteiger partial charge is 0.330 e.